The van der Waals surface area contributed by atoms with Crippen LogP contribution in [0.25, 0.3) is 11.0 Å². The zero-order valence-electron chi connectivity index (χ0n) is 20.4. The van der Waals surface area contributed by atoms with Crippen molar-refractivity contribution >= 4 is 50.6 Å². The third-order valence-corrected chi connectivity index (χ3v) is 5.85. The molecule has 2 amide bonds. The third-order valence-electron chi connectivity index (χ3n) is 5.16. The number of carbonyl (C=O) groups excluding carboxylic acids is 2. The molecule has 0 radical (unpaired) electrons. The Balaban J connectivity index is 1.38. The fourth-order valence-corrected chi connectivity index (χ4v) is 3.83. The SMILES string of the molecule is CCOc1ccc2oc(C(=O)N/N=C/c3cc(OC)c(OCC(=O)Nc4ccc(F)cc4)cc3Br)cc2c1. The molecule has 1 aromatic heterocycles. The molecule has 2 N–H and O–H groups in total. The van der Waals surface area contributed by atoms with Gasteiger partial charge in [0.05, 0.1) is 19.9 Å². The number of nitrogens with one attached hydrogen (secondary N) is 2. The second-order valence-corrected chi connectivity index (χ2v) is 8.67. The third kappa shape index (κ3) is 6.68. The zero-order chi connectivity index (χ0) is 27.1. The fourth-order valence-electron chi connectivity index (χ4n) is 3.40. The average Bonchev–Trinajstić information content (AvgIpc) is 3.33. The summed E-state index contributed by atoms with van der Waals surface area (Å²) in [6.45, 7) is 2.13. The summed E-state index contributed by atoms with van der Waals surface area (Å²) in [4.78, 5) is 24.7. The summed E-state index contributed by atoms with van der Waals surface area (Å²) in [6.07, 6.45) is 1.42. The molecular weight excluding hydrogens is 561 g/mol. The number of hydrazone groups is 1. The highest BCUT2D eigenvalue weighted by molar-refractivity contribution is 9.10. The molecule has 196 valence electrons. The van der Waals surface area contributed by atoms with Gasteiger partial charge in [-0.3, -0.25) is 9.59 Å². The van der Waals surface area contributed by atoms with Crippen molar-refractivity contribution in [1.29, 1.82) is 0 Å². The summed E-state index contributed by atoms with van der Waals surface area (Å²) in [5.41, 5.74) is 4.01. The number of amides is 2. The minimum absolute atomic E-state index is 0.102. The van der Waals surface area contributed by atoms with E-state index in [0.717, 1.165) is 5.39 Å². The maximum atomic E-state index is 13.0. The number of anilines is 1. The van der Waals surface area contributed by atoms with Crippen molar-refractivity contribution in [3.8, 4) is 17.2 Å². The normalized spacial score (nSPS) is 10.9. The highest BCUT2D eigenvalue weighted by atomic mass is 79.9. The summed E-state index contributed by atoms with van der Waals surface area (Å²) >= 11 is 3.43. The molecule has 0 unspecified atom stereocenters. The predicted octanol–water partition coefficient (Wildman–Crippen LogP) is 5.52. The van der Waals surface area contributed by atoms with Crippen LogP contribution in [-0.4, -0.2) is 38.4 Å². The molecule has 4 aromatic rings. The average molecular weight is 584 g/mol. The van der Waals surface area contributed by atoms with Gasteiger partial charge in [0.15, 0.2) is 23.9 Å². The fraction of sp³-hybridized carbons (Fsp3) is 0.148. The van der Waals surface area contributed by atoms with Crippen LogP contribution in [0.5, 0.6) is 17.2 Å². The van der Waals surface area contributed by atoms with Crippen LogP contribution in [0.4, 0.5) is 10.1 Å². The Labute approximate surface area is 225 Å². The Hall–Kier alpha value is -4.38. The van der Waals surface area contributed by atoms with E-state index in [1.807, 2.05) is 6.92 Å². The van der Waals surface area contributed by atoms with Crippen molar-refractivity contribution in [2.24, 2.45) is 5.10 Å². The number of rotatable bonds is 10. The lowest BCUT2D eigenvalue weighted by atomic mass is 10.2. The quantitative estimate of drug-likeness (QED) is 0.188. The first-order valence-corrected chi connectivity index (χ1v) is 12.2. The van der Waals surface area contributed by atoms with E-state index in [2.05, 4.69) is 31.8 Å². The topological polar surface area (TPSA) is 111 Å². The molecule has 0 bridgehead atoms. The molecule has 0 fully saturated rings. The predicted molar refractivity (Wildman–Crippen MR) is 144 cm³/mol. The number of fused-ring (bicyclic) bond motifs is 1. The maximum Gasteiger partial charge on any atom is 0.307 e. The number of ether oxygens (including phenoxy) is 3. The first-order chi connectivity index (χ1) is 18.4. The standard InChI is InChI=1S/C27H23BrFN3O6/c1-3-36-20-8-9-22-16(10-20)11-25(38-22)27(34)32-30-14-17-12-23(35-2)24(13-21(17)28)37-15-26(33)31-19-6-4-18(29)5-7-19/h4-14H,3,15H2,1-2H3,(H,31,33)(H,32,34)/b30-14+. The van der Waals surface area contributed by atoms with Crippen LogP contribution < -0.4 is 25.0 Å². The monoisotopic (exact) mass is 583 g/mol. The van der Waals surface area contributed by atoms with Gasteiger partial charge in [0, 0.05) is 21.1 Å². The number of hydrogen-bond donors (Lipinski definition) is 2. The van der Waals surface area contributed by atoms with Gasteiger partial charge in [0.2, 0.25) is 0 Å². The molecule has 0 saturated heterocycles. The zero-order valence-corrected chi connectivity index (χ0v) is 22.0. The number of carbonyl (C=O) groups is 2. The smallest absolute Gasteiger partial charge is 0.307 e. The van der Waals surface area contributed by atoms with Gasteiger partial charge in [-0.25, -0.2) is 9.82 Å². The molecule has 11 heteroatoms. The van der Waals surface area contributed by atoms with Crippen molar-refractivity contribution in [1.82, 2.24) is 5.43 Å². The van der Waals surface area contributed by atoms with Crippen LogP contribution >= 0.6 is 15.9 Å². The molecule has 3 aromatic carbocycles. The van der Waals surface area contributed by atoms with Crippen molar-refractivity contribution in [2.75, 3.05) is 25.6 Å². The van der Waals surface area contributed by atoms with Gasteiger partial charge in [-0.05, 0) is 83.5 Å². The van der Waals surface area contributed by atoms with Crippen molar-refractivity contribution in [3.05, 3.63) is 82.3 Å². The molecule has 4 rings (SSSR count). The number of halogens is 2. The van der Waals surface area contributed by atoms with Crippen molar-refractivity contribution in [3.63, 3.8) is 0 Å². The van der Waals surface area contributed by atoms with Crippen molar-refractivity contribution in [2.45, 2.75) is 6.92 Å². The van der Waals surface area contributed by atoms with Crippen LogP contribution in [0.2, 0.25) is 0 Å². The summed E-state index contributed by atoms with van der Waals surface area (Å²) in [6, 6.07) is 15.5. The van der Waals surface area contributed by atoms with Gasteiger partial charge in [0.25, 0.3) is 5.91 Å². The lowest BCUT2D eigenvalue weighted by Gasteiger charge is -2.13. The Morgan fingerprint density at radius 2 is 1.84 bits per heavy atom. The van der Waals surface area contributed by atoms with Gasteiger partial charge in [-0.2, -0.15) is 5.10 Å². The first-order valence-electron chi connectivity index (χ1n) is 11.4. The van der Waals surface area contributed by atoms with Crippen LogP contribution in [0, 0.1) is 5.82 Å². The van der Waals surface area contributed by atoms with E-state index in [4.69, 9.17) is 18.6 Å². The summed E-state index contributed by atoms with van der Waals surface area (Å²) in [5.74, 6) is 0.0912. The molecule has 38 heavy (non-hydrogen) atoms. The van der Waals surface area contributed by atoms with Gasteiger partial charge >= 0.3 is 5.91 Å². The van der Waals surface area contributed by atoms with E-state index in [0.29, 0.717) is 45.2 Å². The van der Waals surface area contributed by atoms with Gasteiger partial charge in [0.1, 0.15) is 17.1 Å². The second-order valence-electron chi connectivity index (χ2n) is 7.81. The summed E-state index contributed by atoms with van der Waals surface area (Å²) < 4.78 is 35.6. The van der Waals surface area contributed by atoms with Crippen LogP contribution in [0.3, 0.4) is 0 Å². The molecule has 0 aliphatic rings. The highest BCUT2D eigenvalue weighted by Gasteiger charge is 2.14. The minimum Gasteiger partial charge on any atom is -0.494 e. The molecule has 0 aliphatic carbocycles. The number of nitrogens with zero attached hydrogens (tertiary/aromatic N) is 1. The molecule has 0 aliphatic heterocycles. The van der Waals surface area contributed by atoms with E-state index in [-0.39, 0.29) is 12.4 Å². The number of benzene rings is 3. The lowest BCUT2D eigenvalue weighted by molar-refractivity contribution is -0.118. The molecular formula is C27H23BrFN3O6. The molecule has 1 heterocycles. The van der Waals surface area contributed by atoms with E-state index in [1.54, 1.807) is 36.4 Å². The molecule has 9 nitrogen and oxygen atoms in total. The van der Waals surface area contributed by atoms with E-state index < -0.39 is 17.6 Å². The molecule has 0 spiro atoms. The van der Waals surface area contributed by atoms with E-state index in [1.165, 1.54) is 37.6 Å². The van der Waals surface area contributed by atoms with Crippen LogP contribution in [0.1, 0.15) is 23.0 Å². The number of furan rings is 1. The Morgan fingerprint density at radius 1 is 1.05 bits per heavy atom. The molecule has 0 atom stereocenters. The minimum atomic E-state index is -0.523. The Bertz CT molecular complexity index is 1490. The largest absolute Gasteiger partial charge is 0.494 e. The van der Waals surface area contributed by atoms with Gasteiger partial charge in [-0.1, -0.05) is 0 Å². The molecule has 0 saturated carbocycles. The van der Waals surface area contributed by atoms with E-state index >= 15 is 0 Å². The van der Waals surface area contributed by atoms with Gasteiger partial charge in [-0.15, -0.1) is 0 Å². The number of hydrogen-bond acceptors (Lipinski definition) is 7. The Morgan fingerprint density at radius 3 is 2.58 bits per heavy atom. The summed E-state index contributed by atoms with van der Waals surface area (Å²) in [7, 11) is 1.45. The van der Waals surface area contributed by atoms with Crippen LogP contribution in [-0.2, 0) is 4.79 Å². The van der Waals surface area contributed by atoms with E-state index in [9.17, 15) is 14.0 Å². The van der Waals surface area contributed by atoms with Crippen LogP contribution in [0.15, 0.2) is 74.7 Å². The van der Waals surface area contributed by atoms with Crippen molar-refractivity contribution < 1.29 is 32.6 Å². The van der Waals surface area contributed by atoms with Gasteiger partial charge < -0.3 is 23.9 Å². The first kappa shape index (κ1) is 26.7. The summed E-state index contributed by atoms with van der Waals surface area (Å²) in [5, 5.41) is 7.35. The Kier molecular flexibility index (Phi) is 8.59. The lowest BCUT2D eigenvalue weighted by Crippen LogP contribution is -2.20. The maximum absolute atomic E-state index is 13.0. The highest BCUT2D eigenvalue weighted by Crippen LogP contribution is 2.33. The number of methoxy groups -OCH3 is 1. The second kappa shape index (κ2) is 12.2.